The molecule has 1 N–H and O–H groups in total. The highest BCUT2D eigenvalue weighted by molar-refractivity contribution is 7.91. The molecule has 1 unspecified atom stereocenters. The summed E-state index contributed by atoms with van der Waals surface area (Å²) in [6.07, 6.45) is 1.30. The molecule has 0 aromatic heterocycles. The summed E-state index contributed by atoms with van der Waals surface area (Å²) >= 11 is 6.05. The molecule has 0 amide bonds. The first kappa shape index (κ1) is 18.5. The Hall–Kier alpha value is -0.580. The second kappa shape index (κ2) is 8.76. The summed E-state index contributed by atoms with van der Waals surface area (Å²) in [6, 6.07) is 8.08. The summed E-state index contributed by atoms with van der Waals surface area (Å²) in [6.45, 7) is 6.83. The van der Waals surface area contributed by atoms with Gasteiger partial charge in [-0.25, -0.2) is 8.42 Å². The molecule has 21 heavy (non-hydrogen) atoms. The average Bonchev–Trinajstić information content (AvgIpc) is 2.38. The van der Waals surface area contributed by atoms with Crippen LogP contribution in [0, 0.1) is 0 Å². The first-order valence-corrected chi connectivity index (χ1v) is 9.73. The normalized spacial score (nSPS) is 13.6. The van der Waals surface area contributed by atoms with Crippen molar-refractivity contribution in [3.8, 4) is 0 Å². The van der Waals surface area contributed by atoms with Crippen LogP contribution in [0.2, 0.25) is 5.02 Å². The lowest BCUT2D eigenvalue weighted by atomic mass is 9.96. The molecule has 120 valence electrons. The van der Waals surface area contributed by atoms with Gasteiger partial charge in [0.25, 0.3) is 0 Å². The summed E-state index contributed by atoms with van der Waals surface area (Å²) in [4.78, 5) is 0. The van der Waals surface area contributed by atoms with Crippen LogP contribution < -0.4 is 5.32 Å². The molecule has 3 nitrogen and oxygen atoms in total. The van der Waals surface area contributed by atoms with Gasteiger partial charge < -0.3 is 5.32 Å². The minimum Gasteiger partial charge on any atom is -0.314 e. The van der Waals surface area contributed by atoms with E-state index in [0.29, 0.717) is 23.9 Å². The monoisotopic (exact) mass is 331 g/mol. The highest BCUT2D eigenvalue weighted by Crippen LogP contribution is 2.23. The molecule has 1 aromatic rings. The van der Waals surface area contributed by atoms with Gasteiger partial charge in [0, 0.05) is 23.4 Å². The van der Waals surface area contributed by atoms with Gasteiger partial charge in [0.15, 0.2) is 0 Å². The summed E-state index contributed by atoms with van der Waals surface area (Å²) in [7, 11) is -2.94. The maximum atomic E-state index is 11.9. The topological polar surface area (TPSA) is 46.2 Å². The molecule has 0 heterocycles. The van der Waals surface area contributed by atoms with E-state index in [-0.39, 0.29) is 17.4 Å². The van der Waals surface area contributed by atoms with Crippen molar-refractivity contribution in [2.75, 3.05) is 18.1 Å². The minimum atomic E-state index is -2.94. The van der Waals surface area contributed by atoms with Crippen molar-refractivity contribution in [1.82, 2.24) is 5.32 Å². The molecule has 1 aromatic carbocycles. The van der Waals surface area contributed by atoms with Gasteiger partial charge in [-0.1, -0.05) is 44.5 Å². The quantitative estimate of drug-likeness (QED) is 0.751. The fourth-order valence-electron chi connectivity index (χ4n) is 2.26. The van der Waals surface area contributed by atoms with Gasteiger partial charge in [-0.3, -0.25) is 0 Å². The van der Waals surface area contributed by atoms with Crippen LogP contribution in [0.3, 0.4) is 0 Å². The zero-order valence-electron chi connectivity index (χ0n) is 13.1. The maximum Gasteiger partial charge on any atom is 0.150 e. The third kappa shape index (κ3) is 7.30. The van der Waals surface area contributed by atoms with E-state index in [9.17, 15) is 8.42 Å². The zero-order chi connectivity index (χ0) is 15.9. The van der Waals surface area contributed by atoms with Crippen molar-refractivity contribution in [1.29, 1.82) is 0 Å². The Morgan fingerprint density at radius 3 is 2.52 bits per heavy atom. The number of nitrogens with one attached hydrogen (secondary N) is 1. The molecule has 5 heteroatoms. The predicted molar refractivity (Wildman–Crippen MR) is 90.9 cm³/mol. The lowest BCUT2D eigenvalue weighted by molar-refractivity contribution is 0.517. The number of hydrogen-bond donors (Lipinski definition) is 1. The van der Waals surface area contributed by atoms with Crippen LogP contribution in [0.1, 0.15) is 45.1 Å². The molecule has 1 atom stereocenters. The Bertz CT molecular complexity index is 529. The van der Waals surface area contributed by atoms with Crippen LogP contribution in [0.4, 0.5) is 0 Å². The molecule has 0 saturated heterocycles. The second-order valence-corrected chi connectivity index (χ2v) is 8.50. The summed E-state index contributed by atoms with van der Waals surface area (Å²) in [5, 5.41) is 4.09. The van der Waals surface area contributed by atoms with Crippen LogP contribution in [0.5, 0.6) is 0 Å². The van der Waals surface area contributed by atoms with Gasteiger partial charge in [0.05, 0.1) is 5.75 Å². The lowest BCUT2D eigenvalue weighted by Gasteiger charge is -2.20. The number of hydrogen-bond acceptors (Lipinski definition) is 3. The van der Waals surface area contributed by atoms with E-state index in [1.165, 1.54) is 0 Å². The third-order valence-electron chi connectivity index (χ3n) is 3.39. The molecule has 0 saturated carbocycles. The molecular formula is C16H26ClNO2S. The molecule has 0 aliphatic carbocycles. The second-order valence-electron chi connectivity index (χ2n) is 5.76. The standard InChI is InChI=1S/C16H26ClNO2S/c1-4-9-21(19,20)10-8-15(12-18-13(2)3)14-6-5-7-16(17)11-14/h5-7,11,13,15,18H,4,8-10,12H2,1-3H3. The van der Waals surface area contributed by atoms with Gasteiger partial charge in [-0.2, -0.15) is 0 Å². The highest BCUT2D eigenvalue weighted by atomic mass is 35.5. The smallest absolute Gasteiger partial charge is 0.150 e. The molecule has 0 spiro atoms. The van der Waals surface area contributed by atoms with Gasteiger partial charge in [0.2, 0.25) is 0 Å². The van der Waals surface area contributed by atoms with Gasteiger partial charge in [-0.05, 0) is 36.5 Å². The minimum absolute atomic E-state index is 0.165. The van der Waals surface area contributed by atoms with Crippen molar-refractivity contribution in [3.05, 3.63) is 34.9 Å². The van der Waals surface area contributed by atoms with Crippen LogP contribution in [0.25, 0.3) is 0 Å². The Morgan fingerprint density at radius 1 is 1.24 bits per heavy atom. The Labute approximate surface area is 134 Å². The largest absolute Gasteiger partial charge is 0.314 e. The number of benzene rings is 1. The Kier molecular flexibility index (Phi) is 7.71. The molecule has 1 rings (SSSR count). The Balaban J connectivity index is 2.78. The number of halogens is 1. The van der Waals surface area contributed by atoms with Crippen molar-refractivity contribution < 1.29 is 8.42 Å². The van der Waals surface area contributed by atoms with Gasteiger partial charge >= 0.3 is 0 Å². The SMILES string of the molecule is CCCS(=O)(=O)CCC(CNC(C)C)c1cccc(Cl)c1. The van der Waals surface area contributed by atoms with Crippen molar-refractivity contribution in [2.45, 2.75) is 45.6 Å². The fourth-order valence-corrected chi connectivity index (χ4v) is 3.93. The van der Waals surface area contributed by atoms with Crippen LogP contribution in [-0.2, 0) is 9.84 Å². The average molecular weight is 332 g/mol. The van der Waals surface area contributed by atoms with E-state index in [2.05, 4.69) is 19.2 Å². The van der Waals surface area contributed by atoms with Crippen molar-refractivity contribution in [3.63, 3.8) is 0 Å². The van der Waals surface area contributed by atoms with Crippen molar-refractivity contribution >= 4 is 21.4 Å². The zero-order valence-corrected chi connectivity index (χ0v) is 14.7. The van der Waals surface area contributed by atoms with Crippen molar-refractivity contribution in [2.24, 2.45) is 0 Å². The Morgan fingerprint density at radius 2 is 1.95 bits per heavy atom. The van der Waals surface area contributed by atoms with E-state index < -0.39 is 9.84 Å². The number of sulfone groups is 1. The summed E-state index contributed by atoms with van der Waals surface area (Å²) in [5.74, 6) is 0.669. The van der Waals surface area contributed by atoms with Gasteiger partial charge in [0.1, 0.15) is 9.84 Å². The fraction of sp³-hybridized carbons (Fsp3) is 0.625. The summed E-state index contributed by atoms with van der Waals surface area (Å²) in [5.41, 5.74) is 1.10. The van der Waals surface area contributed by atoms with Crippen LogP contribution in [-0.4, -0.2) is 32.5 Å². The van der Waals surface area contributed by atoms with Gasteiger partial charge in [-0.15, -0.1) is 0 Å². The van der Waals surface area contributed by atoms with E-state index in [1.54, 1.807) is 0 Å². The highest BCUT2D eigenvalue weighted by Gasteiger charge is 2.17. The molecule has 0 aliphatic rings. The first-order chi connectivity index (χ1) is 9.84. The van der Waals surface area contributed by atoms with E-state index >= 15 is 0 Å². The lowest BCUT2D eigenvalue weighted by Crippen LogP contribution is -2.29. The van der Waals surface area contributed by atoms with E-state index in [0.717, 1.165) is 12.1 Å². The summed E-state index contributed by atoms with van der Waals surface area (Å²) < 4.78 is 23.8. The van der Waals surface area contributed by atoms with E-state index in [1.807, 2.05) is 31.2 Å². The molecule has 0 bridgehead atoms. The predicted octanol–water partition coefficient (Wildman–Crippen LogP) is 3.64. The molecule has 0 fully saturated rings. The molecule has 0 aliphatic heterocycles. The van der Waals surface area contributed by atoms with Crippen LogP contribution in [0.15, 0.2) is 24.3 Å². The maximum absolute atomic E-state index is 11.9. The molecular weight excluding hydrogens is 306 g/mol. The first-order valence-electron chi connectivity index (χ1n) is 7.53. The third-order valence-corrected chi connectivity index (χ3v) is 5.51. The number of rotatable bonds is 9. The molecule has 0 radical (unpaired) electrons. The van der Waals surface area contributed by atoms with E-state index in [4.69, 9.17) is 11.6 Å². The van der Waals surface area contributed by atoms with Crippen LogP contribution >= 0.6 is 11.6 Å².